The summed E-state index contributed by atoms with van der Waals surface area (Å²) in [4.78, 5) is 26.3. The zero-order valence-corrected chi connectivity index (χ0v) is 12.6. The van der Waals surface area contributed by atoms with Gasteiger partial charge in [0.25, 0.3) is 0 Å². The third-order valence-corrected chi connectivity index (χ3v) is 4.34. The van der Waals surface area contributed by atoms with E-state index in [4.69, 9.17) is 5.11 Å². The van der Waals surface area contributed by atoms with E-state index in [0.717, 1.165) is 10.7 Å². The number of hydrogen-bond donors (Lipinski definition) is 2. The number of aliphatic carboxylic acids is 1. The summed E-state index contributed by atoms with van der Waals surface area (Å²) in [6, 6.07) is 0. The number of rotatable bonds is 8. The lowest BCUT2D eigenvalue weighted by molar-refractivity contribution is -0.133. The molecule has 1 heterocycles. The van der Waals surface area contributed by atoms with Gasteiger partial charge < -0.3 is 10.4 Å². The van der Waals surface area contributed by atoms with Crippen LogP contribution in [0.1, 0.15) is 30.5 Å². The highest BCUT2D eigenvalue weighted by Crippen LogP contribution is 2.19. The van der Waals surface area contributed by atoms with Gasteiger partial charge in [0.15, 0.2) is 0 Å². The van der Waals surface area contributed by atoms with Crippen LogP contribution in [0.5, 0.6) is 0 Å². The van der Waals surface area contributed by atoms with Crippen molar-refractivity contribution in [2.24, 2.45) is 0 Å². The van der Waals surface area contributed by atoms with Crippen molar-refractivity contribution in [2.75, 3.05) is 18.1 Å². The molecule has 106 valence electrons. The molecule has 1 aromatic heterocycles. The monoisotopic (exact) mass is 302 g/mol. The smallest absolute Gasteiger partial charge is 0.313 e. The Kier molecular flexibility index (Phi) is 6.86. The van der Waals surface area contributed by atoms with Gasteiger partial charge in [0, 0.05) is 23.6 Å². The average molecular weight is 302 g/mol. The summed E-state index contributed by atoms with van der Waals surface area (Å²) < 4.78 is 0. The van der Waals surface area contributed by atoms with Crippen molar-refractivity contribution in [1.82, 2.24) is 10.3 Å². The molecule has 19 heavy (non-hydrogen) atoms. The lowest BCUT2D eigenvalue weighted by Crippen LogP contribution is -2.27. The van der Waals surface area contributed by atoms with Gasteiger partial charge in [0.05, 0.1) is 22.9 Å². The predicted octanol–water partition coefficient (Wildman–Crippen LogP) is 1.74. The van der Waals surface area contributed by atoms with E-state index in [1.807, 2.05) is 5.38 Å². The minimum atomic E-state index is -0.833. The van der Waals surface area contributed by atoms with Crippen LogP contribution < -0.4 is 5.32 Å². The van der Waals surface area contributed by atoms with Crippen LogP contribution in [0.3, 0.4) is 0 Å². The Morgan fingerprint density at radius 1 is 1.53 bits per heavy atom. The van der Waals surface area contributed by atoms with Gasteiger partial charge in [0.1, 0.15) is 0 Å². The maximum atomic E-state index is 11.6. The first-order valence-electron chi connectivity index (χ1n) is 5.99. The van der Waals surface area contributed by atoms with Crippen molar-refractivity contribution >= 4 is 35.0 Å². The molecular formula is C12H18N2O3S2. The fourth-order valence-electron chi connectivity index (χ4n) is 1.32. The molecule has 0 fully saturated rings. The minimum Gasteiger partial charge on any atom is -0.481 e. The molecule has 0 saturated carbocycles. The number of nitrogens with one attached hydrogen (secondary N) is 1. The molecule has 0 atom stereocenters. The normalized spacial score (nSPS) is 10.7. The van der Waals surface area contributed by atoms with Gasteiger partial charge in [-0.2, -0.15) is 0 Å². The maximum Gasteiger partial charge on any atom is 0.313 e. The zero-order valence-electron chi connectivity index (χ0n) is 11.0. The Labute approximate surface area is 120 Å². The third-order valence-electron chi connectivity index (χ3n) is 2.20. The SMILES string of the molecule is CC(C)c1nc(CC(=O)NCCSCC(=O)O)cs1. The van der Waals surface area contributed by atoms with Crippen molar-refractivity contribution in [3.05, 3.63) is 16.1 Å². The number of carbonyl (C=O) groups excluding carboxylic acids is 1. The second kappa shape index (κ2) is 8.16. The predicted molar refractivity (Wildman–Crippen MR) is 77.9 cm³/mol. The van der Waals surface area contributed by atoms with Crippen LogP contribution in [-0.2, 0) is 16.0 Å². The summed E-state index contributed by atoms with van der Waals surface area (Å²) in [6.07, 6.45) is 0.285. The van der Waals surface area contributed by atoms with Gasteiger partial charge in [-0.25, -0.2) is 4.98 Å². The fourth-order valence-corrected chi connectivity index (χ4v) is 2.72. The highest BCUT2D eigenvalue weighted by atomic mass is 32.2. The summed E-state index contributed by atoms with van der Waals surface area (Å²) in [6.45, 7) is 4.63. The lowest BCUT2D eigenvalue weighted by Gasteiger charge is -2.03. The van der Waals surface area contributed by atoms with E-state index < -0.39 is 5.97 Å². The number of carboxylic acids is 1. The van der Waals surface area contributed by atoms with E-state index in [1.165, 1.54) is 11.8 Å². The molecule has 5 nitrogen and oxygen atoms in total. The topological polar surface area (TPSA) is 79.3 Å². The lowest BCUT2D eigenvalue weighted by atomic mass is 10.2. The average Bonchev–Trinajstić information content (AvgIpc) is 2.76. The third kappa shape index (κ3) is 6.58. The number of thiazole rings is 1. The van der Waals surface area contributed by atoms with Gasteiger partial charge in [-0.05, 0) is 0 Å². The molecule has 0 bridgehead atoms. The van der Waals surface area contributed by atoms with Crippen LogP contribution in [-0.4, -0.2) is 40.0 Å². The second-order valence-corrected chi connectivity index (χ2v) is 6.30. The van der Waals surface area contributed by atoms with Gasteiger partial charge in [0.2, 0.25) is 5.91 Å². The van der Waals surface area contributed by atoms with E-state index in [0.29, 0.717) is 18.2 Å². The summed E-state index contributed by atoms with van der Waals surface area (Å²) in [5, 5.41) is 14.2. The highest BCUT2D eigenvalue weighted by Gasteiger charge is 2.09. The second-order valence-electron chi connectivity index (χ2n) is 4.30. The Balaban J connectivity index is 2.21. The summed E-state index contributed by atoms with van der Waals surface area (Å²) in [7, 11) is 0. The minimum absolute atomic E-state index is 0.0692. The molecule has 7 heteroatoms. The van der Waals surface area contributed by atoms with Crippen LogP contribution in [0.2, 0.25) is 0 Å². The molecule has 0 aliphatic carbocycles. The van der Waals surface area contributed by atoms with E-state index >= 15 is 0 Å². The van der Waals surface area contributed by atoms with E-state index in [2.05, 4.69) is 24.1 Å². The maximum absolute atomic E-state index is 11.6. The standard InChI is InChI=1S/C12H18N2O3S2/c1-8(2)12-14-9(6-19-12)5-10(15)13-3-4-18-7-11(16)17/h6,8H,3-5,7H2,1-2H3,(H,13,15)(H,16,17). The fraction of sp³-hybridized carbons (Fsp3) is 0.583. The van der Waals surface area contributed by atoms with Gasteiger partial charge >= 0.3 is 5.97 Å². The van der Waals surface area contributed by atoms with Crippen LogP contribution in [0.15, 0.2) is 5.38 Å². The first-order chi connectivity index (χ1) is 8.99. The van der Waals surface area contributed by atoms with Crippen molar-refractivity contribution < 1.29 is 14.7 Å². The Morgan fingerprint density at radius 3 is 2.84 bits per heavy atom. The van der Waals surface area contributed by atoms with E-state index in [1.54, 1.807) is 11.3 Å². The summed E-state index contributed by atoms with van der Waals surface area (Å²) in [5.74, 6) is 0.150. The molecule has 1 rings (SSSR count). The first kappa shape index (κ1) is 16.0. The van der Waals surface area contributed by atoms with Crippen molar-refractivity contribution in [1.29, 1.82) is 0 Å². The van der Waals surface area contributed by atoms with Crippen molar-refractivity contribution in [2.45, 2.75) is 26.2 Å². The number of thioether (sulfide) groups is 1. The molecule has 1 amide bonds. The van der Waals surface area contributed by atoms with Gasteiger partial charge in [-0.1, -0.05) is 13.8 Å². The molecule has 0 aliphatic rings. The molecule has 0 unspecified atom stereocenters. The van der Waals surface area contributed by atoms with Crippen LogP contribution >= 0.6 is 23.1 Å². The Bertz CT molecular complexity index is 432. The quantitative estimate of drug-likeness (QED) is 0.715. The van der Waals surface area contributed by atoms with Crippen LogP contribution in [0.25, 0.3) is 0 Å². The Hall–Kier alpha value is -1.08. The van der Waals surface area contributed by atoms with Crippen LogP contribution in [0, 0.1) is 0 Å². The van der Waals surface area contributed by atoms with Gasteiger partial charge in [-0.3, -0.25) is 9.59 Å². The molecule has 0 radical (unpaired) electrons. The zero-order chi connectivity index (χ0) is 14.3. The molecule has 0 aromatic carbocycles. The van der Waals surface area contributed by atoms with Gasteiger partial charge in [-0.15, -0.1) is 23.1 Å². The van der Waals surface area contributed by atoms with E-state index in [9.17, 15) is 9.59 Å². The van der Waals surface area contributed by atoms with E-state index in [-0.39, 0.29) is 18.1 Å². The number of aromatic nitrogens is 1. The number of carboxylic acid groups (broad SMARTS) is 1. The summed E-state index contributed by atoms with van der Waals surface area (Å²) >= 11 is 2.86. The molecule has 0 aliphatic heterocycles. The number of amides is 1. The van der Waals surface area contributed by atoms with Crippen LogP contribution in [0.4, 0.5) is 0 Å². The molecule has 2 N–H and O–H groups in total. The number of hydrogen-bond acceptors (Lipinski definition) is 5. The Morgan fingerprint density at radius 2 is 2.26 bits per heavy atom. The van der Waals surface area contributed by atoms with Crippen molar-refractivity contribution in [3.63, 3.8) is 0 Å². The largest absolute Gasteiger partial charge is 0.481 e. The molecular weight excluding hydrogens is 284 g/mol. The molecule has 1 aromatic rings. The number of nitrogens with zero attached hydrogens (tertiary/aromatic N) is 1. The molecule has 0 spiro atoms. The summed E-state index contributed by atoms with van der Waals surface area (Å²) in [5.41, 5.74) is 0.796. The van der Waals surface area contributed by atoms with Crippen molar-refractivity contribution in [3.8, 4) is 0 Å². The highest BCUT2D eigenvalue weighted by molar-refractivity contribution is 7.99. The first-order valence-corrected chi connectivity index (χ1v) is 8.03. The number of carbonyl (C=O) groups is 2. The molecule has 0 saturated heterocycles.